The molecule has 3 heterocycles. The van der Waals surface area contributed by atoms with E-state index in [1.807, 2.05) is 23.1 Å². The average molecular weight is 414 g/mol. The lowest BCUT2D eigenvalue weighted by Crippen LogP contribution is -2.39. The maximum absolute atomic E-state index is 13.1. The molecule has 1 N–H and O–H groups in total. The molecule has 2 aromatic rings. The van der Waals surface area contributed by atoms with E-state index in [0.29, 0.717) is 18.2 Å². The first-order valence-electron chi connectivity index (χ1n) is 11.4. The summed E-state index contributed by atoms with van der Waals surface area (Å²) >= 11 is 0. The molecule has 1 aromatic carbocycles. The van der Waals surface area contributed by atoms with Gasteiger partial charge >= 0.3 is 0 Å². The Morgan fingerprint density at radius 3 is 2.80 bits per heavy atom. The summed E-state index contributed by atoms with van der Waals surface area (Å²) in [7, 11) is 2.13. The predicted molar refractivity (Wildman–Crippen MR) is 120 cm³/mol. The highest BCUT2D eigenvalue weighted by Gasteiger charge is 2.29. The molecular weight excluding hydrogens is 378 g/mol. The van der Waals surface area contributed by atoms with Crippen LogP contribution in [0.25, 0.3) is 11.0 Å². The monoisotopic (exact) mass is 413 g/mol. The highest BCUT2D eigenvalue weighted by Crippen LogP contribution is 2.27. The number of carbonyl (C=O) groups is 1. The van der Waals surface area contributed by atoms with E-state index in [2.05, 4.69) is 35.3 Å². The van der Waals surface area contributed by atoms with Gasteiger partial charge in [-0.1, -0.05) is 13.8 Å². The molecule has 0 saturated carbocycles. The topological polar surface area (TPSA) is 64.8 Å². The summed E-state index contributed by atoms with van der Waals surface area (Å²) in [6.45, 7) is 9.34. The fraction of sp³-hybridized carbons (Fsp3) is 0.652. The number of hydrogen-bond donors (Lipinski definition) is 1. The molecule has 0 spiro atoms. The van der Waals surface area contributed by atoms with Crippen LogP contribution in [0.1, 0.15) is 49.9 Å². The van der Waals surface area contributed by atoms with E-state index >= 15 is 0 Å². The number of likely N-dealkylation sites (N-methyl/N-ethyl adjacent to an activating group) is 1. The number of piperidine rings is 1. The van der Waals surface area contributed by atoms with Gasteiger partial charge in [0.05, 0.1) is 17.1 Å². The van der Waals surface area contributed by atoms with Crippen molar-refractivity contribution in [1.82, 2.24) is 19.4 Å². The SMILES string of the molecule is CCCn1c(N2CCCC(O)C2)nc2cc(C(=O)N3CCC(N(C)CC)C3)ccc21. The lowest BCUT2D eigenvalue weighted by Gasteiger charge is -2.31. The number of aliphatic hydroxyl groups is 1. The van der Waals surface area contributed by atoms with Crippen molar-refractivity contribution in [1.29, 1.82) is 0 Å². The largest absolute Gasteiger partial charge is 0.391 e. The van der Waals surface area contributed by atoms with Crippen molar-refractivity contribution >= 4 is 22.9 Å². The number of aromatic nitrogens is 2. The molecule has 0 bridgehead atoms. The number of aliphatic hydroxyl groups excluding tert-OH is 1. The zero-order valence-corrected chi connectivity index (χ0v) is 18.5. The van der Waals surface area contributed by atoms with Crippen LogP contribution in [0.15, 0.2) is 18.2 Å². The third kappa shape index (κ3) is 4.05. The highest BCUT2D eigenvalue weighted by atomic mass is 16.3. The smallest absolute Gasteiger partial charge is 0.253 e. The minimum absolute atomic E-state index is 0.101. The second-order valence-corrected chi connectivity index (χ2v) is 8.78. The van der Waals surface area contributed by atoms with E-state index in [4.69, 9.17) is 4.98 Å². The van der Waals surface area contributed by atoms with Gasteiger partial charge < -0.3 is 24.4 Å². The molecule has 2 saturated heterocycles. The quantitative estimate of drug-likeness (QED) is 0.789. The molecule has 7 heteroatoms. The van der Waals surface area contributed by atoms with E-state index in [9.17, 15) is 9.90 Å². The molecular formula is C23H35N5O2. The van der Waals surface area contributed by atoms with Crippen molar-refractivity contribution in [3.05, 3.63) is 23.8 Å². The first-order valence-corrected chi connectivity index (χ1v) is 11.4. The van der Waals surface area contributed by atoms with Gasteiger partial charge in [-0.3, -0.25) is 4.79 Å². The number of fused-ring (bicyclic) bond motifs is 1. The second kappa shape index (κ2) is 8.94. The molecule has 4 rings (SSSR count). The van der Waals surface area contributed by atoms with E-state index < -0.39 is 0 Å². The summed E-state index contributed by atoms with van der Waals surface area (Å²) in [4.78, 5) is 24.5. The molecule has 30 heavy (non-hydrogen) atoms. The lowest BCUT2D eigenvalue weighted by atomic mass is 10.1. The van der Waals surface area contributed by atoms with Crippen LogP contribution < -0.4 is 4.90 Å². The number of benzene rings is 1. The van der Waals surface area contributed by atoms with Crippen molar-refractivity contribution in [2.75, 3.05) is 44.7 Å². The van der Waals surface area contributed by atoms with Crippen molar-refractivity contribution < 1.29 is 9.90 Å². The number of imidazole rings is 1. The van der Waals surface area contributed by atoms with Gasteiger partial charge in [0.25, 0.3) is 5.91 Å². The minimum atomic E-state index is -0.296. The molecule has 1 amide bonds. The average Bonchev–Trinajstić information content (AvgIpc) is 3.38. The van der Waals surface area contributed by atoms with Crippen LogP contribution in [0, 0.1) is 0 Å². The van der Waals surface area contributed by atoms with Crippen LogP contribution in [0.5, 0.6) is 0 Å². The van der Waals surface area contributed by atoms with Crippen LogP contribution >= 0.6 is 0 Å². The minimum Gasteiger partial charge on any atom is -0.391 e. The number of nitrogens with zero attached hydrogens (tertiary/aromatic N) is 5. The van der Waals surface area contributed by atoms with Crippen LogP contribution in [0.2, 0.25) is 0 Å². The summed E-state index contributed by atoms with van der Waals surface area (Å²) in [5.41, 5.74) is 2.65. The fourth-order valence-electron chi connectivity index (χ4n) is 4.80. The Morgan fingerprint density at radius 2 is 2.07 bits per heavy atom. The highest BCUT2D eigenvalue weighted by molar-refractivity contribution is 5.98. The number of carbonyl (C=O) groups excluding carboxylic acids is 1. The third-order valence-corrected chi connectivity index (χ3v) is 6.67. The maximum Gasteiger partial charge on any atom is 0.253 e. The summed E-state index contributed by atoms with van der Waals surface area (Å²) in [6, 6.07) is 6.39. The van der Waals surface area contributed by atoms with Crippen molar-refractivity contribution in [2.45, 2.75) is 58.2 Å². The van der Waals surface area contributed by atoms with E-state index in [-0.39, 0.29) is 12.0 Å². The number of aryl methyl sites for hydroxylation is 1. The summed E-state index contributed by atoms with van der Waals surface area (Å²) in [5, 5.41) is 10.1. The molecule has 2 aliphatic heterocycles. The summed E-state index contributed by atoms with van der Waals surface area (Å²) < 4.78 is 2.24. The van der Waals surface area contributed by atoms with Crippen LogP contribution in [-0.4, -0.2) is 82.3 Å². The third-order valence-electron chi connectivity index (χ3n) is 6.67. The number of hydrogen-bond acceptors (Lipinski definition) is 5. The van der Waals surface area contributed by atoms with E-state index in [1.54, 1.807) is 0 Å². The summed E-state index contributed by atoms with van der Waals surface area (Å²) in [5.74, 6) is 1.02. The fourth-order valence-corrected chi connectivity index (χ4v) is 4.80. The number of β-amino-alcohol motifs (C(OH)–C–C–N with tert-alkyl or cyclic N) is 1. The van der Waals surface area contributed by atoms with Gasteiger partial charge in [-0.05, 0) is 57.5 Å². The normalized spacial score (nSPS) is 22.4. The number of likely N-dealkylation sites (tertiary alicyclic amines) is 1. The maximum atomic E-state index is 13.1. The van der Waals surface area contributed by atoms with Gasteiger partial charge in [-0.25, -0.2) is 4.98 Å². The lowest BCUT2D eigenvalue weighted by molar-refractivity contribution is 0.0781. The molecule has 1 aromatic heterocycles. The molecule has 2 atom stereocenters. The molecule has 2 aliphatic rings. The Hall–Kier alpha value is -2.12. The predicted octanol–water partition coefficient (Wildman–Crippen LogP) is 2.57. The van der Waals surface area contributed by atoms with Gasteiger partial charge in [-0.15, -0.1) is 0 Å². The number of amides is 1. The van der Waals surface area contributed by atoms with Gasteiger partial charge in [0.1, 0.15) is 0 Å². The van der Waals surface area contributed by atoms with Crippen LogP contribution in [-0.2, 0) is 6.54 Å². The van der Waals surface area contributed by atoms with Crippen LogP contribution in [0.3, 0.4) is 0 Å². The standard InChI is InChI=1S/C23H35N5O2/c1-4-11-28-21-9-8-17(22(30)26-13-10-18(15-26)25(3)5-2)14-20(21)24-23(28)27-12-6-7-19(29)16-27/h8-9,14,18-19,29H,4-7,10-13,15-16H2,1-3H3. The van der Waals surface area contributed by atoms with Gasteiger partial charge in [0.15, 0.2) is 0 Å². The molecule has 7 nitrogen and oxygen atoms in total. The van der Waals surface area contributed by atoms with E-state index in [1.165, 1.54) is 0 Å². The van der Waals surface area contributed by atoms with Crippen LogP contribution in [0.4, 0.5) is 5.95 Å². The Bertz CT molecular complexity index is 895. The zero-order chi connectivity index (χ0) is 21.3. The molecule has 2 unspecified atom stereocenters. The van der Waals surface area contributed by atoms with Gasteiger partial charge in [0, 0.05) is 44.3 Å². The summed E-state index contributed by atoms with van der Waals surface area (Å²) in [6.07, 6.45) is 3.58. The molecule has 164 valence electrons. The zero-order valence-electron chi connectivity index (χ0n) is 18.5. The Balaban J connectivity index is 1.60. The Kier molecular flexibility index (Phi) is 6.29. The van der Waals surface area contributed by atoms with Crippen molar-refractivity contribution in [3.8, 4) is 0 Å². The van der Waals surface area contributed by atoms with Gasteiger partial charge in [-0.2, -0.15) is 0 Å². The number of rotatable bonds is 6. The Morgan fingerprint density at radius 1 is 1.23 bits per heavy atom. The first kappa shape index (κ1) is 21.1. The molecule has 2 fully saturated rings. The van der Waals surface area contributed by atoms with Gasteiger partial charge in [0.2, 0.25) is 5.95 Å². The number of anilines is 1. The Labute approximate surface area is 179 Å². The first-order chi connectivity index (χ1) is 14.5. The van der Waals surface area contributed by atoms with E-state index in [0.717, 1.165) is 75.4 Å². The second-order valence-electron chi connectivity index (χ2n) is 8.78. The van der Waals surface area contributed by atoms with Crippen molar-refractivity contribution in [3.63, 3.8) is 0 Å². The van der Waals surface area contributed by atoms with Crippen molar-refractivity contribution in [2.24, 2.45) is 0 Å². The molecule has 0 aliphatic carbocycles. The molecule has 0 radical (unpaired) electrons.